The molecule has 0 N–H and O–H groups in total. The number of ether oxygens (including phenoxy) is 1. The quantitative estimate of drug-likeness (QED) is 0.751. The fraction of sp³-hybridized carbons (Fsp3) is 0.400. The summed E-state index contributed by atoms with van der Waals surface area (Å²) < 4.78 is 10.3. The van der Waals surface area contributed by atoms with Crippen molar-refractivity contribution in [2.45, 2.75) is 19.9 Å². The van der Waals surface area contributed by atoms with Crippen molar-refractivity contribution in [1.29, 1.82) is 0 Å². The average molecular weight is 293 g/mol. The SMILES string of the molecule is CCOCC(=O)N(CCc1cccs1)Cc1ccoc1. The molecule has 2 aromatic heterocycles. The molecule has 108 valence electrons. The van der Waals surface area contributed by atoms with Crippen LogP contribution in [-0.4, -0.2) is 30.6 Å². The highest BCUT2D eigenvalue weighted by Crippen LogP contribution is 2.12. The summed E-state index contributed by atoms with van der Waals surface area (Å²) in [5.41, 5.74) is 1.00. The van der Waals surface area contributed by atoms with Crippen molar-refractivity contribution < 1.29 is 13.9 Å². The first-order valence-electron chi connectivity index (χ1n) is 6.68. The molecule has 0 fully saturated rings. The second-order valence-corrected chi connectivity index (χ2v) is 5.45. The van der Waals surface area contributed by atoms with Crippen LogP contribution in [0.25, 0.3) is 0 Å². The highest BCUT2D eigenvalue weighted by Gasteiger charge is 2.14. The van der Waals surface area contributed by atoms with Gasteiger partial charge in [-0.05, 0) is 30.9 Å². The van der Waals surface area contributed by atoms with E-state index >= 15 is 0 Å². The number of amides is 1. The van der Waals surface area contributed by atoms with Gasteiger partial charge in [-0.15, -0.1) is 11.3 Å². The third-order valence-electron chi connectivity index (χ3n) is 2.94. The largest absolute Gasteiger partial charge is 0.472 e. The molecule has 2 aromatic rings. The van der Waals surface area contributed by atoms with E-state index in [-0.39, 0.29) is 12.5 Å². The molecule has 0 aliphatic rings. The molecule has 0 saturated heterocycles. The molecule has 0 atom stereocenters. The molecule has 0 saturated carbocycles. The summed E-state index contributed by atoms with van der Waals surface area (Å²) in [4.78, 5) is 15.3. The van der Waals surface area contributed by atoms with Gasteiger partial charge < -0.3 is 14.1 Å². The van der Waals surface area contributed by atoms with Crippen LogP contribution in [0.2, 0.25) is 0 Å². The van der Waals surface area contributed by atoms with Crippen molar-refractivity contribution in [3.63, 3.8) is 0 Å². The summed E-state index contributed by atoms with van der Waals surface area (Å²) in [5.74, 6) is 0.0182. The van der Waals surface area contributed by atoms with E-state index in [9.17, 15) is 4.79 Å². The molecule has 4 nitrogen and oxygen atoms in total. The minimum atomic E-state index is 0.0182. The lowest BCUT2D eigenvalue weighted by Gasteiger charge is -2.21. The monoisotopic (exact) mass is 293 g/mol. The van der Waals surface area contributed by atoms with Gasteiger partial charge in [-0.25, -0.2) is 0 Å². The Morgan fingerprint density at radius 2 is 2.35 bits per heavy atom. The number of furan rings is 1. The molecule has 0 unspecified atom stereocenters. The van der Waals surface area contributed by atoms with Crippen LogP contribution in [0.5, 0.6) is 0 Å². The predicted molar refractivity (Wildman–Crippen MR) is 78.6 cm³/mol. The zero-order chi connectivity index (χ0) is 14.2. The maximum Gasteiger partial charge on any atom is 0.248 e. The molecule has 0 spiro atoms. The van der Waals surface area contributed by atoms with Crippen LogP contribution in [0, 0.1) is 0 Å². The lowest BCUT2D eigenvalue weighted by Crippen LogP contribution is -2.35. The lowest BCUT2D eigenvalue weighted by atomic mass is 10.2. The van der Waals surface area contributed by atoms with Gasteiger partial charge >= 0.3 is 0 Å². The molecule has 1 amide bonds. The second-order valence-electron chi connectivity index (χ2n) is 4.41. The van der Waals surface area contributed by atoms with E-state index in [1.54, 1.807) is 23.9 Å². The maximum absolute atomic E-state index is 12.2. The molecule has 0 radical (unpaired) electrons. The number of rotatable bonds is 8. The van der Waals surface area contributed by atoms with Crippen LogP contribution in [0.3, 0.4) is 0 Å². The standard InChI is InChI=1S/C15H19NO3S/c1-2-18-12-15(17)16(10-13-6-8-19-11-13)7-5-14-4-3-9-20-14/h3-4,6,8-9,11H,2,5,7,10,12H2,1H3. The Hall–Kier alpha value is -1.59. The summed E-state index contributed by atoms with van der Waals surface area (Å²) in [6, 6.07) is 6.00. The fourth-order valence-electron chi connectivity index (χ4n) is 1.88. The van der Waals surface area contributed by atoms with Crippen molar-refractivity contribution in [3.8, 4) is 0 Å². The van der Waals surface area contributed by atoms with Crippen LogP contribution < -0.4 is 0 Å². The highest BCUT2D eigenvalue weighted by atomic mass is 32.1. The first kappa shape index (κ1) is 14.8. The van der Waals surface area contributed by atoms with E-state index < -0.39 is 0 Å². The lowest BCUT2D eigenvalue weighted by molar-refractivity contribution is -0.136. The van der Waals surface area contributed by atoms with Crippen LogP contribution in [0.15, 0.2) is 40.5 Å². The Kier molecular flexibility index (Phi) is 5.83. The van der Waals surface area contributed by atoms with Crippen molar-refractivity contribution in [2.24, 2.45) is 0 Å². The molecule has 0 aliphatic heterocycles. The molecule has 20 heavy (non-hydrogen) atoms. The Morgan fingerprint density at radius 1 is 1.45 bits per heavy atom. The van der Waals surface area contributed by atoms with Crippen molar-refractivity contribution in [3.05, 3.63) is 46.5 Å². The van der Waals surface area contributed by atoms with Crippen molar-refractivity contribution >= 4 is 17.2 Å². The van der Waals surface area contributed by atoms with E-state index in [2.05, 4.69) is 11.4 Å². The minimum absolute atomic E-state index is 0.0182. The van der Waals surface area contributed by atoms with E-state index in [1.807, 2.05) is 24.0 Å². The maximum atomic E-state index is 12.2. The number of hydrogen-bond acceptors (Lipinski definition) is 4. The van der Waals surface area contributed by atoms with Crippen LogP contribution in [-0.2, 0) is 22.5 Å². The number of hydrogen-bond donors (Lipinski definition) is 0. The number of thiophene rings is 1. The summed E-state index contributed by atoms with van der Waals surface area (Å²) in [6.07, 6.45) is 4.17. The van der Waals surface area contributed by atoms with Gasteiger partial charge in [0.2, 0.25) is 5.91 Å². The fourth-order valence-corrected chi connectivity index (χ4v) is 2.57. The molecule has 0 aromatic carbocycles. The van der Waals surface area contributed by atoms with E-state index in [0.717, 1.165) is 12.0 Å². The third-order valence-corrected chi connectivity index (χ3v) is 3.88. The Bertz CT molecular complexity index is 493. The van der Waals surface area contributed by atoms with E-state index in [0.29, 0.717) is 19.7 Å². The molecule has 0 bridgehead atoms. The number of nitrogens with zero attached hydrogens (tertiary/aromatic N) is 1. The summed E-state index contributed by atoms with van der Waals surface area (Å²) >= 11 is 1.71. The highest BCUT2D eigenvalue weighted by molar-refractivity contribution is 7.09. The summed E-state index contributed by atoms with van der Waals surface area (Å²) in [5, 5.41) is 2.05. The van der Waals surface area contributed by atoms with Gasteiger partial charge in [0.1, 0.15) is 6.61 Å². The minimum Gasteiger partial charge on any atom is -0.472 e. The van der Waals surface area contributed by atoms with Crippen LogP contribution in [0.4, 0.5) is 0 Å². The Labute approximate surface area is 123 Å². The van der Waals surface area contributed by atoms with Gasteiger partial charge in [-0.2, -0.15) is 0 Å². The van der Waals surface area contributed by atoms with E-state index in [4.69, 9.17) is 9.15 Å². The first-order valence-corrected chi connectivity index (χ1v) is 7.56. The third kappa shape index (κ3) is 4.51. The molecule has 0 aliphatic carbocycles. The molecular formula is C15H19NO3S. The summed E-state index contributed by atoms with van der Waals surface area (Å²) in [6.45, 7) is 3.83. The van der Waals surface area contributed by atoms with Gasteiger partial charge in [-0.1, -0.05) is 6.07 Å². The van der Waals surface area contributed by atoms with Crippen molar-refractivity contribution in [2.75, 3.05) is 19.8 Å². The number of carbonyl (C=O) groups is 1. The van der Waals surface area contributed by atoms with Gasteiger partial charge in [0, 0.05) is 30.1 Å². The molecule has 5 heteroatoms. The zero-order valence-corrected chi connectivity index (χ0v) is 12.4. The van der Waals surface area contributed by atoms with Gasteiger partial charge in [0.15, 0.2) is 0 Å². The average Bonchev–Trinajstić information content (AvgIpc) is 3.13. The predicted octanol–water partition coefficient (Wildman–Crippen LogP) is 2.95. The van der Waals surface area contributed by atoms with Gasteiger partial charge in [0.25, 0.3) is 0 Å². The zero-order valence-electron chi connectivity index (χ0n) is 11.6. The smallest absolute Gasteiger partial charge is 0.248 e. The van der Waals surface area contributed by atoms with Crippen LogP contribution >= 0.6 is 11.3 Å². The molecular weight excluding hydrogens is 274 g/mol. The number of carbonyl (C=O) groups excluding carboxylic acids is 1. The summed E-state index contributed by atoms with van der Waals surface area (Å²) in [7, 11) is 0. The van der Waals surface area contributed by atoms with Crippen LogP contribution in [0.1, 0.15) is 17.4 Å². The molecule has 2 heterocycles. The van der Waals surface area contributed by atoms with Gasteiger partial charge in [0.05, 0.1) is 12.5 Å². The normalized spacial score (nSPS) is 10.7. The Balaban J connectivity index is 1.93. The van der Waals surface area contributed by atoms with E-state index in [1.165, 1.54) is 4.88 Å². The second kappa shape index (κ2) is 7.87. The first-order chi connectivity index (χ1) is 9.79. The van der Waals surface area contributed by atoms with Crippen molar-refractivity contribution in [1.82, 2.24) is 4.90 Å². The van der Waals surface area contributed by atoms with Gasteiger partial charge in [-0.3, -0.25) is 4.79 Å². The molecule has 2 rings (SSSR count). The topological polar surface area (TPSA) is 42.7 Å². The Morgan fingerprint density at radius 3 is 3.00 bits per heavy atom.